The fourth-order valence-corrected chi connectivity index (χ4v) is 4.10. The van der Waals surface area contributed by atoms with E-state index in [1.54, 1.807) is 27.3 Å². The third-order valence-corrected chi connectivity index (χ3v) is 5.85. The third kappa shape index (κ3) is 5.10. The van der Waals surface area contributed by atoms with Crippen LogP contribution in [0.25, 0.3) is 11.1 Å². The zero-order chi connectivity index (χ0) is 22.5. The van der Waals surface area contributed by atoms with Gasteiger partial charge in [0.25, 0.3) is 0 Å². The second-order valence-corrected chi connectivity index (χ2v) is 8.60. The molecule has 0 aliphatic carbocycles. The first-order valence-electron chi connectivity index (χ1n) is 10.7. The maximum Gasteiger partial charge on any atom is 0.336 e. The number of nitrogens with zero attached hydrogens (tertiary/aromatic N) is 2. The number of benzene rings is 2. The Morgan fingerprint density at radius 3 is 2.35 bits per heavy atom. The number of imidazole rings is 1. The molecule has 1 heterocycles. The molecule has 0 aliphatic rings. The molecule has 0 saturated carbocycles. The molecule has 5 nitrogen and oxygen atoms in total. The van der Waals surface area contributed by atoms with Gasteiger partial charge in [-0.3, -0.25) is 9.13 Å². The summed E-state index contributed by atoms with van der Waals surface area (Å²) in [6.45, 7) is 7.38. The van der Waals surface area contributed by atoms with E-state index < -0.39 is 5.97 Å². The number of hydrogen-bond acceptors (Lipinski definition) is 2. The van der Waals surface area contributed by atoms with Crippen molar-refractivity contribution in [3.63, 3.8) is 0 Å². The van der Waals surface area contributed by atoms with E-state index in [1.807, 2.05) is 37.3 Å². The van der Waals surface area contributed by atoms with Gasteiger partial charge >= 0.3 is 11.7 Å². The van der Waals surface area contributed by atoms with Gasteiger partial charge in [0.2, 0.25) is 0 Å². The van der Waals surface area contributed by atoms with Crippen LogP contribution in [0, 0.1) is 5.92 Å². The molecule has 0 unspecified atom stereocenters. The van der Waals surface area contributed by atoms with Gasteiger partial charge in [-0.2, -0.15) is 0 Å². The van der Waals surface area contributed by atoms with E-state index in [1.165, 1.54) is 0 Å². The van der Waals surface area contributed by atoms with Crippen molar-refractivity contribution in [2.75, 3.05) is 0 Å². The fraction of sp³-hybridized carbons (Fsp3) is 0.360. The number of aromatic nitrogens is 2. The van der Waals surface area contributed by atoms with E-state index in [4.69, 9.17) is 11.6 Å². The summed E-state index contributed by atoms with van der Waals surface area (Å²) in [5, 5.41) is 9.99. The number of carbonyl (C=O) groups is 1. The van der Waals surface area contributed by atoms with Gasteiger partial charge in [-0.1, -0.05) is 74.8 Å². The molecule has 164 valence electrons. The van der Waals surface area contributed by atoms with E-state index in [-0.39, 0.29) is 11.3 Å². The number of carboxylic acid groups (broad SMARTS) is 1. The van der Waals surface area contributed by atoms with Gasteiger partial charge in [0.05, 0.1) is 17.8 Å². The quantitative estimate of drug-likeness (QED) is 0.463. The van der Waals surface area contributed by atoms with Gasteiger partial charge in [-0.05, 0) is 47.9 Å². The number of hydrogen-bond donors (Lipinski definition) is 1. The van der Waals surface area contributed by atoms with Crippen molar-refractivity contribution in [3.05, 3.63) is 81.0 Å². The topological polar surface area (TPSA) is 64.2 Å². The summed E-state index contributed by atoms with van der Waals surface area (Å²) < 4.78 is 3.44. The molecule has 0 radical (unpaired) electrons. The summed E-state index contributed by atoms with van der Waals surface area (Å²) in [6, 6.07) is 14.6. The lowest BCUT2D eigenvalue weighted by Gasteiger charge is -2.11. The first kappa shape index (κ1) is 22.9. The van der Waals surface area contributed by atoms with Crippen molar-refractivity contribution >= 4 is 17.6 Å². The highest BCUT2D eigenvalue weighted by atomic mass is 35.5. The summed E-state index contributed by atoms with van der Waals surface area (Å²) in [5.74, 6) is -0.435. The molecule has 1 aromatic heterocycles. The molecule has 3 aromatic rings. The van der Waals surface area contributed by atoms with Gasteiger partial charge in [0.15, 0.2) is 0 Å². The van der Waals surface area contributed by atoms with Crippen molar-refractivity contribution in [1.82, 2.24) is 9.13 Å². The standard InChI is InChI=1S/C25H29ClN2O3/c1-4-15-27-23(26)22(14-9-17(2)3)28(25(27)31)16-18-10-12-19(13-11-18)20-7-5-6-8-21(20)24(29)30/h5-8,10-13,17H,4,9,14-16H2,1-3H3,(H,29,30). The molecule has 2 aromatic carbocycles. The largest absolute Gasteiger partial charge is 0.478 e. The van der Waals surface area contributed by atoms with E-state index in [0.29, 0.717) is 29.7 Å². The van der Waals surface area contributed by atoms with Crippen LogP contribution < -0.4 is 5.69 Å². The Labute approximate surface area is 187 Å². The molecule has 0 bridgehead atoms. The molecule has 0 spiro atoms. The first-order chi connectivity index (χ1) is 14.8. The Morgan fingerprint density at radius 1 is 1.06 bits per heavy atom. The molecule has 6 heteroatoms. The molecule has 0 fully saturated rings. The Morgan fingerprint density at radius 2 is 1.74 bits per heavy atom. The van der Waals surface area contributed by atoms with Crippen LogP contribution in [-0.2, 0) is 19.5 Å². The molecule has 0 aliphatic heterocycles. The van der Waals surface area contributed by atoms with E-state index in [9.17, 15) is 14.7 Å². The molecule has 0 atom stereocenters. The van der Waals surface area contributed by atoms with E-state index >= 15 is 0 Å². The van der Waals surface area contributed by atoms with Crippen LogP contribution in [0.3, 0.4) is 0 Å². The minimum atomic E-state index is -0.951. The minimum Gasteiger partial charge on any atom is -0.478 e. The predicted octanol–water partition coefficient (Wildman–Crippen LogP) is 5.72. The molecule has 31 heavy (non-hydrogen) atoms. The summed E-state index contributed by atoms with van der Waals surface area (Å²) >= 11 is 6.60. The Hall–Kier alpha value is -2.79. The highest BCUT2D eigenvalue weighted by Gasteiger charge is 2.18. The van der Waals surface area contributed by atoms with Gasteiger partial charge in [-0.15, -0.1) is 0 Å². The Balaban J connectivity index is 1.93. The average Bonchev–Trinajstić information content (AvgIpc) is 2.97. The average molecular weight is 441 g/mol. The summed E-state index contributed by atoms with van der Waals surface area (Å²) in [6.07, 6.45) is 2.55. The lowest BCUT2D eigenvalue weighted by molar-refractivity contribution is 0.0697. The smallest absolute Gasteiger partial charge is 0.336 e. The van der Waals surface area contributed by atoms with Crippen LogP contribution in [-0.4, -0.2) is 20.2 Å². The highest BCUT2D eigenvalue weighted by molar-refractivity contribution is 6.30. The SMILES string of the molecule is CCCn1c(Cl)c(CCC(C)C)n(Cc2ccc(-c3ccccc3C(=O)O)cc2)c1=O. The molecule has 0 saturated heterocycles. The normalized spacial score (nSPS) is 11.3. The molecule has 1 N–H and O–H groups in total. The fourth-order valence-electron chi connectivity index (χ4n) is 3.75. The van der Waals surface area contributed by atoms with Crippen LogP contribution in [0.4, 0.5) is 0 Å². The molecule has 0 amide bonds. The number of halogens is 1. The van der Waals surface area contributed by atoms with Crippen molar-refractivity contribution in [3.8, 4) is 11.1 Å². The van der Waals surface area contributed by atoms with Crippen LogP contribution in [0.15, 0.2) is 53.3 Å². The van der Waals surface area contributed by atoms with Crippen LogP contribution >= 0.6 is 11.6 Å². The maximum absolute atomic E-state index is 13.0. The van der Waals surface area contributed by atoms with Crippen molar-refractivity contribution in [1.29, 1.82) is 0 Å². The van der Waals surface area contributed by atoms with Crippen LogP contribution in [0.1, 0.15) is 55.2 Å². The molecule has 3 rings (SSSR count). The predicted molar refractivity (Wildman–Crippen MR) is 125 cm³/mol. The lowest BCUT2D eigenvalue weighted by atomic mass is 9.98. The summed E-state index contributed by atoms with van der Waals surface area (Å²) in [4.78, 5) is 24.6. The first-order valence-corrected chi connectivity index (χ1v) is 11.1. The van der Waals surface area contributed by atoms with Gasteiger partial charge < -0.3 is 5.11 Å². The second kappa shape index (κ2) is 10.0. The van der Waals surface area contributed by atoms with Crippen molar-refractivity contribution in [2.45, 2.75) is 53.1 Å². The summed E-state index contributed by atoms with van der Waals surface area (Å²) in [7, 11) is 0. The van der Waals surface area contributed by atoms with E-state index in [2.05, 4.69) is 13.8 Å². The number of carboxylic acids is 1. The highest BCUT2D eigenvalue weighted by Crippen LogP contribution is 2.25. The number of aromatic carboxylic acids is 1. The third-order valence-electron chi connectivity index (χ3n) is 5.43. The van der Waals surface area contributed by atoms with Gasteiger partial charge in [0, 0.05) is 6.54 Å². The summed E-state index contributed by atoms with van der Waals surface area (Å²) in [5.41, 5.74) is 3.55. The van der Waals surface area contributed by atoms with Gasteiger partial charge in [-0.25, -0.2) is 9.59 Å². The minimum absolute atomic E-state index is 0.0779. The second-order valence-electron chi connectivity index (χ2n) is 8.24. The Kier molecular flexibility index (Phi) is 7.39. The van der Waals surface area contributed by atoms with Crippen molar-refractivity contribution in [2.24, 2.45) is 5.92 Å². The maximum atomic E-state index is 13.0. The zero-order valence-electron chi connectivity index (χ0n) is 18.3. The van der Waals surface area contributed by atoms with Crippen LogP contribution in [0.5, 0.6) is 0 Å². The van der Waals surface area contributed by atoms with E-state index in [0.717, 1.165) is 36.1 Å². The molecular formula is C25H29ClN2O3. The van der Waals surface area contributed by atoms with Crippen molar-refractivity contribution < 1.29 is 9.90 Å². The number of rotatable bonds is 9. The lowest BCUT2D eigenvalue weighted by Crippen LogP contribution is -2.25. The zero-order valence-corrected chi connectivity index (χ0v) is 19.0. The molecular weight excluding hydrogens is 412 g/mol. The van der Waals surface area contributed by atoms with Gasteiger partial charge in [0.1, 0.15) is 5.15 Å². The van der Waals surface area contributed by atoms with Crippen LogP contribution in [0.2, 0.25) is 5.15 Å². The Bertz CT molecular complexity index is 1110. The monoisotopic (exact) mass is 440 g/mol.